The quantitative estimate of drug-likeness (QED) is 0.265. The zero-order valence-corrected chi connectivity index (χ0v) is 21.3. The summed E-state index contributed by atoms with van der Waals surface area (Å²) in [5.41, 5.74) is 1.75. The second-order valence-electron chi connectivity index (χ2n) is 8.89. The number of hydrogen-bond donors (Lipinski definition) is 1. The minimum atomic E-state index is -4.85. The van der Waals surface area contributed by atoms with Crippen LogP contribution in [0.4, 0.5) is 13.2 Å². The van der Waals surface area contributed by atoms with E-state index in [0.29, 0.717) is 6.04 Å². The van der Waals surface area contributed by atoms with Gasteiger partial charge in [-0.15, -0.1) is 0 Å². The van der Waals surface area contributed by atoms with Crippen molar-refractivity contribution < 1.29 is 17.9 Å². The molecule has 0 amide bonds. The summed E-state index contributed by atoms with van der Waals surface area (Å²) in [4.78, 5) is 0. The first-order valence-corrected chi connectivity index (χ1v) is 12.4. The molecule has 1 aromatic carbocycles. The molecule has 5 nitrogen and oxygen atoms in total. The molecule has 0 aliphatic carbocycles. The maximum atomic E-state index is 13.6. The van der Waals surface area contributed by atoms with Gasteiger partial charge < -0.3 is 10.5 Å². The average molecular weight is 501 g/mol. The Kier molecular flexibility index (Phi) is 12.8. The molecule has 0 aromatic heterocycles. The Morgan fingerprint density at radius 1 is 0.944 bits per heavy atom. The van der Waals surface area contributed by atoms with Crippen molar-refractivity contribution >= 4 is 5.57 Å². The smallest absolute Gasteiger partial charge is 0.432 e. The van der Waals surface area contributed by atoms with Gasteiger partial charge in [-0.1, -0.05) is 89.1 Å². The SMILES string of the molecule is CC1(C(F)(F)F)OC(=C(C#N)C#N)C(C#N)=C1c1ccccc1.CCCCCCC(N)CCCCC. The van der Waals surface area contributed by atoms with Crippen molar-refractivity contribution in [2.45, 2.75) is 96.4 Å². The van der Waals surface area contributed by atoms with Gasteiger partial charge in [-0.05, 0) is 25.3 Å². The van der Waals surface area contributed by atoms with Gasteiger partial charge in [0.15, 0.2) is 11.3 Å². The Morgan fingerprint density at radius 3 is 1.94 bits per heavy atom. The van der Waals surface area contributed by atoms with Crippen LogP contribution in [0.5, 0.6) is 0 Å². The van der Waals surface area contributed by atoms with Gasteiger partial charge in [-0.25, -0.2) is 0 Å². The van der Waals surface area contributed by atoms with Crippen LogP contribution in [0.1, 0.15) is 84.1 Å². The third-order valence-electron chi connectivity index (χ3n) is 6.03. The lowest BCUT2D eigenvalue weighted by atomic mass is 9.87. The van der Waals surface area contributed by atoms with E-state index in [4.69, 9.17) is 21.0 Å². The molecule has 1 aromatic rings. The summed E-state index contributed by atoms with van der Waals surface area (Å²) in [6, 6.07) is 12.5. The minimum absolute atomic E-state index is 0.133. The molecule has 0 radical (unpaired) electrons. The largest absolute Gasteiger partial charge is 0.470 e. The molecule has 8 heteroatoms. The van der Waals surface area contributed by atoms with Gasteiger partial charge in [0, 0.05) is 11.6 Å². The zero-order valence-electron chi connectivity index (χ0n) is 21.3. The summed E-state index contributed by atoms with van der Waals surface area (Å²) < 4.78 is 45.7. The standard InChI is InChI=1S/C16H8F3N3O.C12H27N/c1-15(16(17,18)19)13(10-5-3-2-4-6-10)12(9-22)14(23-15)11(7-20)8-21;1-3-5-7-9-11-12(13)10-8-6-4-2/h2-6H,1H3;12H,3-11,13H2,1-2H3. The van der Waals surface area contributed by atoms with Crippen LogP contribution in [-0.4, -0.2) is 17.8 Å². The molecule has 2 N–H and O–H groups in total. The van der Waals surface area contributed by atoms with Gasteiger partial charge in [-0.3, -0.25) is 0 Å². The predicted molar refractivity (Wildman–Crippen MR) is 134 cm³/mol. The van der Waals surface area contributed by atoms with Gasteiger partial charge in [0.1, 0.15) is 23.8 Å². The first-order valence-electron chi connectivity index (χ1n) is 12.4. The second-order valence-corrected chi connectivity index (χ2v) is 8.89. The van der Waals surface area contributed by atoms with E-state index in [2.05, 4.69) is 13.8 Å². The van der Waals surface area contributed by atoms with Crippen LogP contribution >= 0.6 is 0 Å². The van der Waals surface area contributed by atoms with Crippen molar-refractivity contribution in [1.82, 2.24) is 0 Å². The topological polar surface area (TPSA) is 107 Å². The molecular weight excluding hydrogens is 465 g/mol. The molecule has 0 saturated carbocycles. The molecule has 0 fully saturated rings. The Morgan fingerprint density at radius 2 is 1.47 bits per heavy atom. The third-order valence-corrected chi connectivity index (χ3v) is 6.03. The Labute approximate surface area is 212 Å². The van der Waals surface area contributed by atoms with Crippen molar-refractivity contribution in [2.75, 3.05) is 0 Å². The lowest BCUT2D eigenvalue weighted by Crippen LogP contribution is -2.43. The molecule has 2 atom stereocenters. The normalized spacial score (nSPS) is 17.7. The van der Waals surface area contributed by atoms with Gasteiger partial charge in [0.05, 0.1) is 0 Å². The van der Waals surface area contributed by atoms with E-state index in [9.17, 15) is 18.4 Å². The molecule has 1 aliphatic heterocycles. The summed E-state index contributed by atoms with van der Waals surface area (Å²) in [5.74, 6) is -0.642. The third kappa shape index (κ3) is 8.14. The number of halogens is 3. The van der Waals surface area contributed by atoms with Gasteiger partial charge in [0.2, 0.25) is 5.60 Å². The number of nitrogens with two attached hydrogens (primary N) is 1. The number of nitrogens with zero attached hydrogens (tertiary/aromatic N) is 3. The second kappa shape index (κ2) is 15.0. The molecule has 194 valence electrons. The molecule has 1 heterocycles. The Balaban J connectivity index is 0.000000426. The van der Waals surface area contributed by atoms with E-state index in [1.165, 1.54) is 94.2 Å². The summed E-state index contributed by atoms with van der Waals surface area (Å²) in [6.07, 6.45) is 7.02. The van der Waals surface area contributed by atoms with Crippen molar-refractivity contribution in [2.24, 2.45) is 5.73 Å². The van der Waals surface area contributed by atoms with Crippen LogP contribution < -0.4 is 5.73 Å². The Bertz CT molecular complexity index is 1010. The highest BCUT2D eigenvalue weighted by molar-refractivity contribution is 5.85. The zero-order chi connectivity index (χ0) is 27.2. The number of hydrogen-bond acceptors (Lipinski definition) is 5. The van der Waals surface area contributed by atoms with Crippen LogP contribution in [0.25, 0.3) is 5.57 Å². The number of nitriles is 3. The van der Waals surface area contributed by atoms with Crippen LogP contribution in [0.2, 0.25) is 0 Å². The van der Waals surface area contributed by atoms with Gasteiger partial charge in [-0.2, -0.15) is 29.0 Å². The van der Waals surface area contributed by atoms with Gasteiger partial charge in [0.25, 0.3) is 0 Å². The van der Waals surface area contributed by atoms with Crippen LogP contribution in [0.3, 0.4) is 0 Å². The van der Waals surface area contributed by atoms with E-state index < -0.39 is 34.3 Å². The molecule has 36 heavy (non-hydrogen) atoms. The molecule has 1 aliphatic rings. The molecule has 2 unspecified atom stereocenters. The summed E-state index contributed by atoms with van der Waals surface area (Å²) in [5, 5.41) is 27.1. The van der Waals surface area contributed by atoms with E-state index in [1.807, 2.05) is 0 Å². The number of alkyl halides is 3. The van der Waals surface area contributed by atoms with Crippen LogP contribution in [-0.2, 0) is 4.74 Å². The van der Waals surface area contributed by atoms with Crippen molar-refractivity contribution in [3.63, 3.8) is 0 Å². The number of rotatable bonds is 10. The van der Waals surface area contributed by atoms with Gasteiger partial charge >= 0.3 is 6.18 Å². The average Bonchev–Trinajstić information content (AvgIpc) is 3.17. The molecule has 0 saturated heterocycles. The Hall–Kier alpha value is -3.28. The van der Waals surface area contributed by atoms with Crippen LogP contribution in [0, 0.1) is 34.0 Å². The lowest BCUT2D eigenvalue weighted by Gasteiger charge is -2.30. The molecule has 2 rings (SSSR count). The van der Waals surface area contributed by atoms with Crippen molar-refractivity contribution in [1.29, 1.82) is 15.8 Å². The highest BCUT2D eigenvalue weighted by Crippen LogP contribution is 2.52. The predicted octanol–water partition coefficient (Wildman–Crippen LogP) is 7.48. The molecule has 0 spiro atoms. The highest BCUT2D eigenvalue weighted by atomic mass is 19.4. The fourth-order valence-electron chi connectivity index (χ4n) is 3.93. The van der Waals surface area contributed by atoms with E-state index >= 15 is 0 Å². The fourth-order valence-corrected chi connectivity index (χ4v) is 3.93. The van der Waals surface area contributed by atoms with Crippen LogP contribution in [0.15, 0.2) is 47.2 Å². The summed E-state index contributed by atoms with van der Waals surface area (Å²) in [6.45, 7) is 5.26. The van der Waals surface area contributed by atoms with E-state index in [1.54, 1.807) is 12.1 Å². The molecular formula is C28H35F3N4O. The number of ether oxygens (including phenoxy) is 1. The maximum absolute atomic E-state index is 13.6. The monoisotopic (exact) mass is 500 g/mol. The molecule has 0 bridgehead atoms. The van der Waals surface area contributed by atoms with E-state index in [0.717, 1.165) is 6.92 Å². The highest BCUT2D eigenvalue weighted by Gasteiger charge is 2.61. The summed E-state index contributed by atoms with van der Waals surface area (Å²) in [7, 11) is 0. The number of unbranched alkanes of at least 4 members (excludes halogenated alkanes) is 5. The maximum Gasteiger partial charge on any atom is 0.432 e. The van der Waals surface area contributed by atoms with Crippen molar-refractivity contribution in [3.05, 3.63) is 52.8 Å². The number of allylic oxidation sites excluding steroid dienone is 2. The fraction of sp³-hybridized carbons (Fsp3) is 0.536. The van der Waals surface area contributed by atoms with E-state index in [-0.39, 0.29) is 5.56 Å². The summed E-state index contributed by atoms with van der Waals surface area (Å²) >= 11 is 0. The number of benzene rings is 1. The van der Waals surface area contributed by atoms with Crippen molar-refractivity contribution in [3.8, 4) is 18.2 Å². The minimum Gasteiger partial charge on any atom is -0.470 e. The first kappa shape index (κ1) is 30.8. The first-order chi connectivity index (χ1) is 17.1. The lowest BCUT2D eigenvalue weighted by molar-refractivity contribution is -0.229.